The molecule has 0 aliphatic heterocycles. The minimum atomic E-state index is 0.134. The van der Waals surface area contributed by atoms with Crippen molar-refractivity contribution in [2.45, 2.75) is 19.5 Å². The van der Waals surface area contributed by atoms with E-state index >= 15 is 0 Å². The first-order valence-corrected chi connectivity index (χ1v) is 5.93. The second-order valence-electron chi connectivity index (χ2n) is 3.93. The van der Waals surface area contributed by atoms with Gasteiger partial charge in [-0.3, -0.25) is 4.68 Å². The number of hydrogen-bond acceptors (Lipinski definition) is 5. The van der Waals surface area contributed by atoms with E-state index in [2.05, 4.69) is 20.6 Å². The SMILES string of the molecule is CC(Cn1cccn1)Nc1nnccc1C(N)=S. The molecule has 2 rings (SSSR count). The first-order valence-electron chi connectivity index (χ1n) is 5.52. The summed E-state index contributed by atoms with van der Waals surface area (Å²) in [5, 5.41) is 15.2. The fraction of sp³-hybridized carbons (Fsp3) is 0.273. The molecule has 0 bridgehead atoms. The molecule has 18 heavy (non-hydrogen) atoms. The van der Waals surface area contributed by atoms with Gasteiger partial charge < -0.3 is 11.1 Å². The largest absolute Gasteiger partial charge is 0.389 e. The standard InChI is InChI=1S/C11H14N6S/c1-8(7-17-6-2-4-14-17)15-11-9(10(12)18)3-5-13-16-11/h2-6,8H,7H2,1H3,(H2,12,18)(H,15,16). The minimum absolute atomic E-state index is 0.134. The van der Waals surface area contributed by atoms with Gasteiger partial charge in [-0.1, -0.05) is 12.2 Å². The fourth-order valence-electron chi connectivity index (χ4n) is 1.61. The lowest BCUT2D eigenvalue weighted by atomic mass is 10.2. The van der Waals surface area contributed by atoms with E-state index in [1.165, 1.54) is 0 Å². The molecule has 3 N–H and O–H groups in total. The molecule has 6 nitrogen and oxygen atoms in total. The Morgan fingerprint density at radius 1 is 1.56 bits per heavy atom. The highest BCUT2D eigenvalue weighted by atomic mass is 32.1. The third-order valence-corrected chi connectivity index (χ3v) is 2.61. The Balaban J connectivity index is 2.07. The predicted octanol–water partition coefficient (Wildman–Crippen LogP) is 0.808. The van der Waals surface area contributed by atoms with Crippen molar-refractivity contribution in [3.63, 3.8) is 0 Å². The molecule has 0 saturated heterocycles. The van der Waals surface area contributed by atoms with E-state index in [4.69, 9.17) is 18.0 Å². The van der Waals surface area contributed by atoms with E-state index in [1.807, 2.05) is 23.9 Å². The summed E-state index contributed by atoms with van der Waals surface area (Å²) in [5.41, 5.74) is 6.33. The van der Waals surface area contributed by atoms with Gasteiger partial charge in [0.15, 0.2) is 5.82 Å². The summed E-state index contributed by atoms with van der Waals surface area (Å²) in [5.74, 6) is 0.602. The van der Waals surface area contributed by atoms with Gasteiger partial charge in [0, 0.05) is 18.4 Å². The molecule has 0 fully saturated rings. The fourth-order valence-corrected chi connectivity index (χ4v) is 1.77. The summed E-state index contributed by atoms with van der Waals surface area (Å²) in [4.78, 5) is 0.304. The summed E-state index contributed by atoms with van der Waals surface area (Å²) in [6, 6.07) is 3.77. The molecule has 2 heterocycles. The highest BCUT2D eigenvalue weighted by Gasteiger charge is 2.10. The summed E-state index contributed by atoms with van der Waals surface area (Å²) >= 11 is 4.97. The highest BCUT2D eigenvalue weighted by molar-refractivity contribution is 7.80. The number of aromatic nitrogens is 4. The minimum Gasteiger partial charge on any atom is -0.389 e. The van der Waals surface area contributed by atoms with Gasteiger partial charge in [-0.2, -0.15) is 10.2 Å². The summed E-state index contributed by atoms with van der Waals surface area (Å²) in [6.07, 6.45) is 5.22. The Labute approximate surface area is 110 Å². The van der Waals surface area contributed by atoms with Crippen LogP contribution in [-0.2, 0) is 6.54 Å². The first kappa shape index (κ1) is 12.4. The van der Waals surface area contributed by atoms with E-state index in [0.717, 1.165) is 6.54 Å². The maximum Gasteiger partial charge on any atom is 0.159 e. The summed E-state index contributed by atoms with van der Waals surface area (Å²) < 4.78 is 1.84. The molecule has 1 atom stereocenters. The lowest BCUT2D eigenvalue weighted by molar-refractivity contribution is 0.559. The monoisotopic (exact) mass is 262 g/mol. The maximum atomic E-state index is 5.63. The number of nitrogens with two attached hydrogens (primary N) is 1. The van der Waals surface area contributed by atoms with Crippen LogP contribution in [0.25, 0.3) is 0 Å². The van der Waals surface area contributed by atoms with Gasteiger partial charge in [0.2, 0.25) is 0 Å². The number of hydrogen-bond donors (Lipinski definition) is 2. The van der Waals surface area contributed by atoms with E-state index < -0.39 is 0 Å². The van der Waals surface area contributed by atoms with Gasteiger partial charge in [-0.05, 0) is 19.1 Å². The highest BCUT2D eigenvalue weighted by Crippen LogP contribution is 2.11. The average Bonchev–Trinajstić information content (AvgIpc) is 2.82. The Bertz CT molecular complexity index is 524. The molecule has 0 aliphatic carbocycles. The predicted molar refractivity (Wildman–Crippen MR) is 73.2 cm³/mol. The summed E-state index contributed by atoms with van der Waals surface area (Å²) in [7, 11) is 0. The van der Waals surface area contributed by atoms with E-state index in [1.54, 1.807) is 18.5 Å². The third-order valence-electron chi connectivity index (χ3n) is 2.39. The van der Waals surface area contributed by atoms with Crippen molar-refractivity contribution in [2.75, 3.05) is 5.32 Å². The zero-order valence-corrected chi connectivity index (χ0v) is 10.8. The molecule has 0 radical (unpaired) electrons. The van der Waals surface area contributed by atoms with Crippen molar-refractivity contribution in [1.82, 2.24) is 20.0 Å². The van der Waals surface area contributed by atoms with Crippen LogP contribution in [0.4, 0.5) is 5.82 Å². The molecule has 2 aromatic heterocycles. The zero-order chi connectivity index (χ0) is 13.0. The number of nitrogens with zero attached hydrogens (tertiary/aromatic N) is 4. The molecule has 0 spiro atoms. The number of rotatable bonds is 5. The number of thiocarbonyl (C=S) groups is 1. The van der Waals surface area contributed by atoms with Crippen LogP contribution in [-0.4, -0.2) is 31.0 Å². The molecule has 7 heteroatoms. The van der Waals surface area contributed by atoms with Crippen LogP contribution in [0.2, 0.25) is 0 Å². The molecule has 0 aromatic carbocycles. The average molecular weight is 262 g/mol. The van der Waals surface area contributed by atoms with E-state index in [0.29, 0.717) is 16.4 Å². The van der Waals surface area contributed by atoms with Gasteiger partial charge in [-0.25, -0.2) is 0 Å². The van der Waals surface area contributed by atoms with Crippen molar-refractivity contribution in [3.05, 3.63) is 36.3 Å². The van der Waals surface area contributed by atoms with Crippen LogP contribution in [0.1, 0.15) is 12.5 Å². The van der Waals surface area contributed by atoms with E-state index in [9.17, 15) is 0 Å². The Morgan fingerprint density at radius 3 is 3.06 bits per heavy atom. The van der Waals surface area contributed by atoms with Crippen molar-refractivity contribution in [3.8, 4) is 0 Å². The maximum absolute atomic E-state index is 5.63. The van der Waals surface area contributed by atoms with Crippen molar-refractivity contribution < 1.29 is 0 Å². The molecule has 94 valence electrons. The molecular formula is C11H14N6S. The topological polar surface area (TPSA) is 81.7 Å². The van der Waals surface area contributed by atoms with Crippen LogP contribution < -0.4 is 11.1 Å². The Morgan fingerprint density at radius 2 is 2.39 bits per heavy atom. The molecule has 0 saturated carbocycles. The number of anilines is 1. The normalized spacial score (nSPS) is 12.1. The molecule has 2 aromatic rings. The van der Waals surface area contributed by atoms with Crippen molar-refractivity contribution in [2.24, 2.45) is 5.73 Å². The van der Waals surface area contributed by atoms with Gasteiger partial charge in [0.1, 0.15) is 4.99 Å². The summed E-state index contributed by atoms with van der Waals surface area (Å²) in [6.45, 7) is 2.75. The van der Waals surface area contributed by atoms with Crippen LogP contribution in [0.5, 0.6) is 0 Å². The lowest BCUT2D eigenvalue weighted by Crippen LogP contribution is -2.25. The smallest absolute Gasteiger partial charge is 0.159 e. The third kappa shape index (κ3) is 3.01. The van der Waals surface area contributed by atoms with Gasteiger partial charge in [0.25, 0.3) is 0 Å². The zero-order valence-electron chi connectivity index (χ0n) is 9.95. The van der Waals surface area contributed by atoms with Crippen LogP contribution in [0.3, 0.4) is 0 Å². The first-order chi connectivity index (χ1) is 8.66. The number of nitrogens with one attached hydrogen (secondary N) is 1. The Hall–Kier alpha value is -2.02. The second-order valence-corrected chi connectivity index (χ2v) is 4.37. The van der Waals surface area contributed by atoms with E-state index in [-0.39, 0.29) is 6.04 Å². The van der Waals surface area contributed by atoms with Crippen LogP contribution >= 0.6 is 12.2 Å². The van der Waals surface area contributed by atoms with Crippen molar-refractivity contribution >= 4 is 23.0 Å². The van der Waals surface area contributed by atoms with Gasteiger partial charge in [-0.15, -0.1) is 5.10 Å². The Kier molecular flexibility index (Phi) is 3.83. The van der Waals surface area contributed by atoms with Gasteiger partial charge >= 0.3 is 0 Å². The van der Waals surface area contributed by atoms with Crippen LogP contribution in [0, 0.1) is 0 Å². The quantitative estimate of drug-likeness (QED) is 0.776. The molecule has 1 unspecified atom stereocenters. The second kappa shape index (κ2) is 5.54. The molecule has 0 aliphatic rings. The molecule has 0 amide bonds. The van der Waals surface area contributed by atoms with Crippen LogP contribution in [0.15, 0.2) is 30.7 Å². The lowest BCUT2D eigenvalue weighted by Gasteiger charge is -2.16. The molecular weight excluding hydrogens is 248 g/mol. The van der Waals surface area contributed by atoms with Crippen molar-refractivity contribution in [1.29, 1.82) is 0 Å². The van der Waals surface area contributed by atoms with Gasteiger partial charge in [0.05, 0.1) is 18.3 Å².